The van der Waals surface area contributed by atoms with Gasteiger partial charge >= 0.3 is 0 Å². The van der Waals surface area contributed by atoms with Gasteiger partial charge in [-0.15, -0.1) is 0 Å². The van der Waals surface area contributed by atoms with Crippen molar-refractivity contribution >= 4 is 5.78 Å². The van der Waals surface area contributed by atoms with Crippen molar-refractivity contribution < 1.29 is 13.9 Å². The van der Waals surface area contributed by atoms with Crippen LogP contribution >= 0.6 is 0 Å². The molecule has 1 heterocycles. The van der Waals surface area contributed by atoms with E-state index in [1.165, 1.54) is 12.1 Å². The van der Waals surface area contributed by atoms with E-state index >= 15 is 0 Å². The number of benzene rings is 2. The third-order valence-electron chi connectivity index (χ3n) is 3.60. The number of halogens is 1. The average Bonchev–Trinajstić information content (AvgIpc) is 2.47. The van der Waals surface area contributed by atoms with Gasteiger partial charge in [-0.2, -0.15) is 0 Å². The number of ketones is 1. The van der Waals surface area contributed by atoms with Crippen LogP contribution in [0.15, 0.2) is 48.5 Å². The molecule has 1 aliphatic heterocycles. The first-order chi connectivity index (χ1) is 9.72. The minimum Gasteiger partial charge on any atom is -0.493 e. The molecule has 102 valence electrons. The lowest BCUT2D eigenvalue weighted by Crippen LogP contribution is -2.29. The summed E-state index contributed by atoms with van der Waals surface area (Å²) in [6.07, 6.45) is 0.957. The van der Waals surface area contributed by atoms with E-state index in [1.807, 2.05) is 24.3 Å². The van der Waals surface area contributed by atoms with Gasteiger partial charge in [-0.3, -0.25) is 4.79 Å². The fraction of sp³-hybridized carbons (Fsp3) is 0.235. The van der Waals surface area contributed by atoms with Crippen LogP contribution in [0.4, 0.5) is 4.39 Å². The molecule has 20 heavy (non-hydrogen) atoms. The van der Waals surface area contributed by atoms with E-state index < -0.39 is 0 Å². The Morgan fingerprint density at radius 2 is 2.05 bits per heavy atom. The zero-order valence-corrected chi connectivity index (χ0v) is 11.0. The maximum absolute atomic E-state index is 13.1. The summed E-state index contributed by atoms with van der Waals surface area (Å²) in [4.78, 5) is 12.3. The van der Waals surface area contributed by atoms with E-state index in [-0.39, 0.29) is 23.9 Å². The third kappa shape index (κ3) is 2.72. The lowest BCUT2D eigenvalue weighted by Gasteiger charge is -2.24. The fourth-order valence-electron chi connectivity index (χ4n) is 2.53. The Bertz CT molecular complexity index is 636. The number of hydrogen-bond donors (Lipinski definition) is 0. The highest BCUT2D eigenvalue weighted by molar-refractivity contribution is 5.84. The van der Waals surface area contributed by atoms with Crippen LogP contribution in [0.25, 0.3) is 0 Å². The highest BCUT2D eigenvalue weighted by atomic mass is 19.1. The zero-order chi connectivity index (χ0) is 13.9. The van der Waals surface area contributed by atoms with E-state index in [1.54, 1.807) is 12.1 Å². The first-order valence-corrected chi connectivity index (χ1v) is 6.70. The van der Waals surface area contributed by atoms with Gasteiger partial charge in [0.15, 0.2) is 0 Å². The Kier molecular flexibility index (Phi) is 3.50. The molecule has 3 heteroatoms. The van der Waals surface area contributed by atoms with E-state index in [0.717, 1.165) is 11.3 Å². The Morgan fingerprint density at radius 3 is 2.90 bits per heavy atom. The molecule has 2 aromatic rings. The Morgan fingerprint density at radius 1 is 1.20 bits per heavy atom. The molecule has 1 aliphatic rings. The van der Waals surface area contributed by atoms with Gasteiger partial charge in [-0.05, 0) is 35.7 Å². The van der Waals surface area contributed by atoms with Crippen LogP contribution in [-0.4, -0.2) is 12.4 Å². The summed E-state index contributed by atoms with van der Waals surface area (Å²) in [6, 6.07) is 14.0. The lowest BCUT2D eigenvalue weighted by molar-refractivity contribution is -0.123. The van der Waals surface area contributed by atoms with Crippen LogP contribution in [-0.2, 0) is 17.6 Å². The van der Waals surface area contributed by atoms with Crippen LogP contribution < -0.4 is 4.74 Å². The first-order valence-electron chi connectivity index (χ1n) is 6.70. The molecule has 2 aromatic carbocycles. The second-order valence-corrected chi connectivity index (χ2v) is 5.09. The van der Waals surface area contributed by atoms with Crippen LogP contribution in [0.3, 0.4) is 0 Å². The van der Waals surface area contributed by atoms with Crippen molar-refractivity contribution in [1.29, 1.82) is 0 Å². The molecule has 0 saturated heterocycles. The second kappa shape index (κ2) is 5.45. The van der Waals surface area contributed by atoms with Crippen molar-refractivity contribution in [1.82, 2.24) is 0 Å². The number of ether oxygens (including phenoxy) is 1. The van der Waals surface area contributed by atoms with E-state index in [2.05, 4.69) is 0 Å². The van der Waals surface area contributed by atoms with Crippen molar-refractivity contribution in [2.45, 2.75) is 12.8 Å². The van der Waals surface area contributed by atoms with Crippen LogP contribution in [0.1, 0.15) is 11.1 Å². The highest BCUT2D eigenvalue weighted by Gasteiger charge is 2.25. The van der Waals surface area contributed by atoms with Gasteiger partial charge < -0.3 is 4.74 Å². The molecular formula is C17H15FO2. The van der Waals surface area contributed by atoms with Gasteiger partial charge in [0.05, 0.1) is 12.5 Å². The topological polar surface area (TPSA) is 26.3 Å². The van der Waals surface area contributed by atoms with Crippen molar-refractivity contribution in [3.8, 4) is 5.75 Å². The molecule has 0 amide bonds. The number of fused-ring (bicyclic) bond motifs is 1. The molecule has 3 rings (SSSR count). The molecule has 0 saturated carbocycles. The second-order valence-electron chi connectivity index (χ2n) is 5.09. The maximum atomic E-state index is 13.1. The maximum Gasteiger partial charge on any atom is 0.144 e. The summed E-state index contributed by atoms with van der Waals surface area (Å²) in [5.41, 5.74) is 1.78. The quantitative estimate of drug-likeness (QED) is 0.856. The minimum absolute atomic E-state index is 0.102. The number of rotatable bonds is 3. The van der Waals surface area contributed by atoms with Gasteiger partial charge in [0.1, 0.15) is 17.3 Å². The van der Waals surface area contributed by atoms with Gasteiger partial charge in [0.25, 0.3) is 0 Å². The molecule has 1 atom stereocenters. The van der Waals surface area contributed by atoms with E-state index in [9.17, 15) is 9.18 Å². The Balaban J connectivity index is 1.70. The number of para-hydroxylation sites is 1. The standard InChI is InChI=1S/C17H15FO2/c18-15-6-3-4-12(8-15)9-16(19)14-10-13-5-1-2-7-17(13)20-11-14/h1-8,14H,9-11H2. The van der Waals surface area contributed by atoms with Crippen molar-refractivity contribution in [2.24, 2.45) is 5.92 Å². The smallest absolute Gasteiger partial charge is 0.144 e. The summed E-state index contributed by atoms with van der Waals surface area (Å²) >= 11 is 0. The molecule has 0 aromatic heterocycles. The summed E-state index contributed by atoms with van der Waals surface area (Å²) in [5, 5.41) is 0. The van der Waals surface area contributed by atoms with Crippen molar-refractivity contribution in [3.05, 3.63) is 65.5 Å². The zero-order valence-electron chi connectivity index (χ0n) is 11.0. The minimum atomic E-state index is -0.305. The number of hydrogen-bond acceptors (Lipinski definition) is 2. The molecule has 0 radical (unpaired) electrons. The van der Waals surface area contributed by atoms with Crippen molar-refractivity contribution in [2.75, 3.05) is 6.61 Å². The molecule has 0 N–H and O–H groups in total. The molecule has 1 unspecified atom stereocenters. The van der Waals surface area contributed by atoms with E-state index in [0.29, 0.717) is 18.6 Å². The summed E-state index contributed by atoms with van der Waals surface area (Å²) in [5.74, 6) is 0.515. The van der Waals surface area contributed by atoms with Gasteiger partial charge in [0.2, 0.25) is 0 Å². The molecular weight excluding hydrogens is 255 g/mol. The molecule has 0 aliphatic carbocycles. The molecule has 0 fully saturated rings. The monoisotopic (exact) mass is 270 g/mol. The number of Topliss-reactive ketones (excluding diaryl/α,β-unsaturated/α-hetero) is 1. The normalized spacial score (nSPS) is 17.1. The average molecular weight is 270 g/mol. The van der Waals surface area contributed by atoms with Crippen molar-refractivity contribution in [3.63, 3.8) is 0 Å². The van der Waals surface area contributed by atoms with Crippen LogP contribution in [0.5, 0.6) is 5.75 Å². The number of carbonyl (C=O) groups excluding carboxylic acids is 1. The van der Waals surface area contributed by atoms with Crippen LogP contribution in [0.2, 0.25) is 0 Å². The Labute approximate surface area is 117 Å². The predicted molar refractivity (Wildman–Crippen MR) is 74.2 cm³/mol. The van der Waals surface area contributed by atoms with Gasteiger partial charge in [-0.1, -0.05) is 30.3 Å². The summed E-state index contributed by atoms with van der Waals surface area (Å²) in [7, 11) is 0. The van der Waals surface area contributed by atoms with Crippen LogP contribution in [0, 0.1) is 11.7 Å². The van der Waals surface area contributed by atoms with Gasteiger partial charge in [-0.25, -0.2) is 4.39 Å². The van der Waals surface area contributed by atoms with E-state index in [4.69, 9.17) is 4.74 Å². The number of carbonyl (C=O) groups is 1. The lowest BCUT2D eigenvalue weighted by atomic mass is 9.90. The summed E-state index contributed by atoms with van der Waals surface area (Å²) < 4.78 is 18.7. The first kappa shape index (κ1) is 12.9. The molecule has 0 bridgehead atoms. The fourth-order valence-corrected chi connectivity index (χ4v) is 2.53. The SMILES string of the molecule is O=C(Cc1cccc(F)c1)C1COc2ccccc2C1. The van der Waals surface area contributed by atoms with Gasteiger partial charge in [0, 0.05) is 6.42 Å². The Hall–Kier alpha value is -2.16. The molecule has 2 nitrogen and oxygen atoms in total. The summed E-state index contributed by atoms with van der Waals surface area (Å²) in [6.45, 7) is 0.408. The highest BCUT2D eigenvalue weighted by Crippen LogP contribution is 2.27. The third-order valence-corrected chi connectivity index (χ3v) is 3.60. The predicted octanol–water partition coefficient (Wildman–Crippen LogP) is 3.19. The molecule has 0 spiro atoms. The largest absolute Gasteiger partial charge is 0.493 e.